The summed E-state index contributed by atoms with van der Waals surface area (Å²) in [7, 11) is 0. The zero-order valence-corrected chi connectivity index (χ0v) is 19.0. The second kappa shape index (κ2) is 13.0. The number of nitrogens with one attached hydrogen (secondary N) is 3. The lowest BCUT2D eigenvalue weighted by atomic mass is 10.1. The molecule has 0 spiro atoms. The Bertz CT molecular complexity index is 713. The number of hydrogen-bond acceptors (Lipinski definition) is 3. The van der Waals surface area contributed by atoms with Gasteiger partial charge in [0.25, 0.3) is 0 Å². The third-order valence-corrected chi connectivity index (χ3v) is 4.80. The summed E-state index contributed by atoms with van der Waals surface area (Å²) in [5.41, 5.74) is 2.52. The fraction of sp³-hybridized carbons (Fsp3) is 0.571. The summed E-state index contributed by atoms with van der Waals surface area (Å²) < 4.78 is 11.3. The van der Waals surface area contributed by atoms with Crippen LogP contribution >= 0.6 is 24.0 Å². The number of nitrogens with zero attached hydrogens (tertiary/aromatic N) is 1. The third-order valence-electron chi connectivity index (χ3n) is 4.80. The third kappa shape index (κ3) is 7.25. The minimum atomic E-state index is 0. The lowest BCUT2D eigenvalue weighted by Crippen LogP contribution is -2.38. The van der Waals surface area contributed by atoms with Crippen molar-refractivity contribution in [3.05, 3.63) is 36.0 Å². The van der Waals surface area contributed by atoms with Crippen LogP contribution in [-0.2, 0) is 15.9 Å². The van der Waals surface area contributed by atoms with Gasteiger partial charge in [-0.05, 0) is 44.2 Å². The molecule has 3 rings (SSSR count). The van der Waals surface area contributed by atoms with Gasteiger partial charge < -0.3 is 25.1 Å². The molecule has 1 aromatic carbocycles. The van der Waals surface area contributed by atoms with Crippen molar-refractivity contribution in [1.82, 2.24) is 15.6 Å². The first-order chi connectivity index (χ1) is 13.4. The molecule has 156 valence electrons. The van der Waals surface area contributed by atoms with Crippen molar-refractivity contribution >= 4 is 40.8 Å². The number of guanidine groups is 1. The van der Waals surface area contributed by atoms with E-state index in [0.29, 0.717) is 6.10 Å². The Balaban J connectivity index is 0.00000280. The van der Waals surface area contributed by atoms with E-state index in [1.54, 1.807) is 0 Å². The summed E-state index contributed by atoms with van der Waals surface area (Å²) in [5, 5.41) is 8.04. The summed E-state index contributed by atoms with van der Waals surface area (Å²) >= 11 is 0. The van der Waals surface area contributed by atoms with Gasteiger partial charge in [0.15, 0.2) is 5.96 Å². The summed E-state index contributed by atoms with van der Waals surface area (Å²) in [6, 6.07) is 8.42. The zero-order valence-electron chi connectivity index (χ0n) is 16.7. The number of benzene rings is 1. The van der Waals surface area contributed by atoms with Crippen LogP contribution in [0, 0.1) is 0 Å². The molecule has 0 atom stereocenters. The molecule has 1 fully saturated rings. The molecule has 2 heterocycles. The van der Waals surface area contributed by atoms with Crippen LogP contribution in [0.3, 0.4) is 0 Å². The number of aromatic amines is 1. The number of fused-ring (bicyclic) bond motifs is 1. The predicted molar refractivity (Wildman–Crippen MR) is 126 cm³/mol. The first-order valence-corrected chi connectivity index (χ1v) is 10.1. The number of H-pyrrole nitrogens is 1. The van der Waals surface area contributed by atoms with Crippen LogP contribution < -0.4 is 10.6 Å². The van der Waals surface area contributed by atoms with Gasteiger partial charge in [-0.25, -0.2) is 0 Å². The van der Waals surface area contributed by atoms with Crippen molar-refractivity contribution in [2.24, 2.45) is 4.99 Å². The Hall–Kier alpha value is -1.32. The van der Waals surface area contributed by atoms with Gasteiger partial charge in [-0.3, -0.25) is 4.99 Å². The van der Waals surface area contributed by atoms with Crippen molar-refractivity contribution in [3.8, 4) is 0 Å². The maximum Gasteiger partial charge on any atom is 0.191 e. The van der Waals surface area contributed by atoms with Crippen molar-refractivity contribution < 1.29 is 9.47 Å². The maximum atomic E-state index is 5.90. The molecule has 7 heteroatoms. The molecule has 2 aromatic rings. The molecule has 0 amide bonds. The molecular weight excluding hydrogens is 467 g/mol. The van der Waals surface area contributed by atoms with Crippen LogP contribution in [0.5, 0.6) is 0 Å². The van der Waals surface area contributed by atoms with Crippen LogP contribution in [0.1, 0.15) is 31.7 Å². The Morgan fingerprint density at radius 1 is 1.25 bits per heavy atom. The number of para-hydroxylation sites is 1. The molecule has 28 heavy (non-hydrogen) atoms. The predicted octanol–water partition coefficient (Wildman–Crippen LogP) is 3.47. The van der Waals surface area contributed by atoms with E-state index in [-0.39, 0.29) is 24.0 Å². The van der Waals surface area contributed by atoms with Gasteiger partial charge in [0.1, 0.15) is 0 Å². The van der Waals surface area contributed by atoms with E-state index in [4.69, 9.17) is 9.47 Å². The highest BCUT2D eigenvalue weighted by atomic mass is 127. The largest absolute Gasteiger partial charge is 0.381 e. The highest BCUT2D eigenvalue weighted by Crippen LogP contribution is 2.17. The Kier molecular flexibility index (Phi) is 10.7. The van der Waals surface area contributed by atoms with E-state index in [1.807, 2.05) is 0 Å². The van der Waals surface area contributed by atoms with E-state index in [9.17, 15) is 0 Å². The second-order valence-corrected chi connectivity index (χ2v) is 6.83. The summed E-state index contributed by atoms with van der Waals surface area (Å²) in [5.74, 6) is 0.878. The van der Waals surface area contributed by atoms with Gasteiger partial charge in [-0.15, -0.1) is 24.0 Å². The Labute approximate surface area is 184 Å². The van der Waals surface area contributed by atoms with Crippen LogP contribution in [0.15, 0.2) is 35.5 Å². The van der Waals surface area contributed by atoms with Crippen LogP contribution in [0.2, 0.25) is 0 Å². The van der Waals surface area contributed by atoms with Gasteiger partial charge in [-0.1, -0.05) is 18.2 Å². The number of hydrogen-bond donors (Lipinski definition) is 3. The fourth-order valence-corrected chi connectivity index (χ4v) is 3.34. The first-order valence-electron chi connectivity index (χ1n) is 10.1. The van der Waals surface area contributed by atoms with E-state index in [1.165, 1.54) is 16.5 Å². The van der Waals surface area contributed by atoms with Gasteiger partial charge in [0.2, 0.25) is 0 Å². The van der Waals surface area contributed by atoms with Crippen LogP contribution in [0.25, 0.3) is 10.9 Å². The lowest BCUT2D eigenvalue weighted by Gasteiger charge is -2.22. The second-order valence-electron chi connectivity index (χ2n) is 6.83. The SMILES string of the molecule is CCNC(=NCCCOC1CCOCC1)NCCc1c[nH]c2ccccc12.I. The summed E-state index contributed by atoms with van der Waals surface area (Å²) in [6.07, 6.45) is 6.40. The molecule has 1 aliphatic rings. The molecule has 0 bridgehead atoms. The van der Waals surface area contributed by atoms with Crippen molar-refractivity contribution in [1.29, 1.82) is 0 Å². The monoisotopic (exact) mass is 500 g/mol. The number of rotatable bonds is 9. The average molecular weight is 500 g/mol. The number of halogens is 1. The van der Waals surface area contributed by atoms with E-state index < -0.39 is 0 Å². The molecule has 3 N–H and O–H groups in total. The van der Waals surface area contributed by atoms with E-state index in [2.05, 4.69) is 58.0 Å². The fourth-order valence-electron chi connectivity index (χ4n) is 3.34. The molecular formula is C21H33IN4O2. The molecule has 6 nitrogen and oxygen atoms in total. The minimum Gasteiger partial charge on any atom is -0.381 e. The molecule has 0 radical (unpaired) electrons. The molecule has 0 aliphatic carbocycles. The lowest BCUT2D eigenvalue weighted by molar-refractivity contribution is -0.0318. The van der Waals surface area contributed by atoms with Gasteiger partial charge in [0.05, 0.1) is 6.10 Å². The molecule has 1 aromatic heterocycles. The first kappa shape index (κ1) is 23.0. The standard InChI is InChI=1S/C21H32N4O2.HI/c1-2-22-21(23-11-5-13-27-18-9-14-26-15-10-18)24-12-8-17-16-25-20-7-4-3-6-19(17)20;/h3-4,6-7,16,18,25H,2,5,8-15H2,1H3,(H2,22,23,24);1H. The van der Waals surface area contributed by atoms with E-state index >= 15 is 0 Å². The molecule has 1 aliphatic heterocycles. The Morgan fingerprint density at radius 3 is 2.89 bits per heavy atom. The Morgan fingerprint density at radius 2 is 2.07 bits per heavy atom. The normalized spacial score (nSPS) is 15.4. The minimum absolute atomic E-state index is 0. The smallest absolute Gasteiger partial charge is 0.191 e. The summed E-state index contributed by atoms with van der Waals surface area (Å²) in [6.45, 7) is 6.99. The average Bonchev–Trinajstić information content (AvgIpc) is 3.12. The number of ether oxygens (including phenoxy) is 2. The highest BCUT2D eigenvalue weighted by molar-refractivity contribution is 14.0. The topological polar surface area (TPSA) is 70.7 Å². The van der Waals surface area contributed by atoms with Gasteiger partial charge >= 0.3 is 0 Å². The number of aliphatic imine (C=N–C) groups is 1. The molecule has 1 saturated heterocycles. The van der Waals surface area contributed by atoms with Crippen molar-refractivity contribution in [2.75, 3.05) is 39.5 Å². The number of aromatic nitrogens is 1. The summed E-state index contributed by atoms with van der Waals surface area (Å²) in [4.78, 5) is 7.99. The van der Waals surface area contributed by atoms with Crippen molar-refractivity contribution in [2.45, 2.75) is 38.7 Å². The van der Waals surface area contributed by atoms with Gasteiger partial charge in [-0.2, -0.15) is 0 Å². The quantitative estimate of drug-likeness (QED) is 0.214. The maximum absolute atomic E-state index is 5.90. The van der Waals surface area contributed by atoms with Crippen molar-refractivity contribution in [3.63, 3.8) is 0 Å². The highest BCUT2D eigenvalue weighted by Gasteiger charge is 2.13. The van der Waals surface area contributed by atoms with Crippen LogP contribution in [0.4, 0.5) is 0 Å². The van der Waals surface area contributed by atoms with E-state index in [0.717, 1.165) is 71.1 Å². The molecule has 0 saturated carbocycles. The zero-order chi connectivity index (χ0) is 18.7. The van der Waals surface area contributed by atoms with Crippen LogP contribution in [-0.4, -0.2) is 56.5 Å². The molecule has 0 unspecified atom stereocenters. The van der Waals surface area contributed by atoms with Gasteiger partial charge in [0, 0.05) is 56.6 Å².